The molecule has 5 atom stereocenters. The number of para-hydroxylation sites is 2. The molecule has 2 rings (SSSR count). The maximum Gasteiger partial charge on any atom is 0.335 e. The molecule has 8 nitrogen and oxygen atoms in total. The van der Waals surface area contributed by atoms with Crippen LogP contribution in [-0.4, -0.2) is 64.1 Å². The fourth-order valence-corrected chi connectivity index (χ4v) is 2.05. The quantitative estimate of drug-likeness (QED) is 0.479. The fourth-order valence-electron chi connectivity index (χ4n) is 2.05. The van der Waals surface area contributed by atoms with Crippen molar-refractivity contribution in [2.24, 2.45) is 0 Å². The van der Waals surface area contributed by atoms with Gasteiger partial charge in [0, 0.05) is 7.05 Å². The number of carboxylic acid groups (broad SMARTS) is 1. The highest BCUT2D eigenvalue weighted by Gasteiger charge is 2.48. The molecule has 1 aliphatic heterocycles. The second-order valence-electron chi connectivity index (χ2n) is 4.60. The Hall–Kier alpha value is -1.87. The van der Waals surface area contributed by atoms with Crippen LogP contribution in [-0.2, 0) is 9.53 Å². The zero-order valence-electron chi connectivity index (χ0n) is 11.2. The Kier molecular flexibility index (Phi) is 4.63. The standard InChI is InChI=1S/C13H17NO7/c1-14-6-4-2-3-5-7(6)20-13-10(17)8(15)9(16)11(21-13)12(18)19/h2-5,8-11,13-17H,1H3,(H,18,19). The molecule has 5 N–H and O–H groups in total. The molecule has 0 aliphatic carbocycles. The van der Waals surface area contributed by atoms with Crippen molar-refractivity contribution in [3.63, 3.8) is 0 Å². The predicted octanol–water partition coefficient (Wildman–Crippen LogP) is -1.00. The first-order valence-electron chi connectivity index (χ1n) is 6.31. The number of hydrogen-bond donors (Lipinski definition) is 5. The number of aliphatic carboxylic acids is 1. The molecule has 116 valence electrons. The summed E-state index contributed by atoms with van der Waals surface area (Å²) in [6.07, 6.45) is -8.11. The highest BCUT2D eigenvalue weighted by molar-refractivity contribution is 5.73. The Labute approximate surface area is 120 Å². The molecular formula is C13H17NO7. The van der Waals surface area contributed by atoms with Gasteiger partial charge in [0.1, 0.15) is 24.1 Å². The van der Waals surface area contributed by atoms with Crippen molar-refractivity contribution >= 4 is 11.7 Å². The summed E-state index contributed by atoms with van der Waals surface area (Å²) in [5, 5.41) is 41.0. The first kappa shape index (κ1) is 15.5. The number of nitrogens with one attached hydrogen (secondary N) is 1. The van der Waals surface area contributed by atoms with Gasteiger partial charge in [-0.3, -0.25) is 0 Å². The molecule has 1 heterocycles. The number of benzene rings is 1. The largest absolute Gasteiger partial charge is 0.479 e. The van der Waals surface area contributed by atoms with Crippen LogP contribution >= 0.6 is 0 Å². The summed E-state index contributed by atoms with van der Waals surface area (Å²) in [4.78, 5) is 11.0. The second kappa shape index (κ2) is 6.27. The van der Waals surface area contributed by atoms with Gasteiger partial charge in [-0.05, 0) is 12.1 Å². The van der Waals surface area contributed by atoms with Crippen molar-refractivity contribution in [1.29, 1.82) is 0 Å². The van der Waals surface area contributed by atoms with E-state index < -0.39 is 36.7 Å². The smallest absolute Gasteiger partial charge is 0.335 e. The van der Waals surface area contributed by atoms with Crippen LogP contribution in [0.25, 0.3) is 0 Å². The van der Waals surface area contributed by atoms with Gasteiger partial charge in [-0.1, -0.05) is 12.1 Å². The van der Waals surface area contributed by atoms with Gasteiger partial charge in [-0.15, -0.1) is 0 Å². The fraction of sp³-hybridized carbons (Fsp3) is 0.462. The van der Waals surface area contributed by atoms with Crippen molar-refractivity contribution in [2.75, 3.05) is 12.4 Å². The minimum atomic E-state index is -1.74. The van der Waals surface area contributed by atoms with Gasteiger partial charge in [0.15, 0.2) is 6.10 Å². The van der Waals surface area contributed by atoms with E-state index in [9.17, 15) is 20.1 Å². The van der Waals surface area contributed by atoms with Crippen LogP contribution in [0.1, 0.15) is 0 Å². The zero-order valence-corrected chi connectivity index (χ0v) is 11.2. The number of anilines is 1. The Morgan fingerprint density at radius 2 is 1.86 bits per heavy atom. The van der Waals surface area contributed by atoms with E-state index in [-0.39, 0.29) is 0 Å². The maximum atomic E-state index is 11.0. The van der Waals surface area contributed by atoms with E-state index in [4.69, 9.17) is 14.6 Å². The van der Waals surface area contributed by atoms with Crippen LogP contribution in [0.5, 0.6) is 5.75 Å². The Bertz CT molecular complexity index is 509. The molecule has 8 heteroatoms. The molecule has 5 unspecified atom stereocenters. The third kappa shape index (κ3) is 3.08. The first-order chi connectivity index (χ1) is 9.95. The van der Waals surface area contributed by atoms with E-state index in [0.717, 1.165) is 0 Å². The summed E-state index contributed by atoms with van der Waals surface area (Å²) in [7, 11) is 1.67. The lowest BCUT2D eigenvalue weighted by molar-refractivity contribution is -0.271. The molecule has 1 fully saturated rings. The van der Waals surface area contributed by atoms with Crippen LogP contribution < -0.4 is 10.1 Å². The normalized spacial score (nSPS) is 32.5. The summed E-state index contributed by atoms with van der Waals surface area (Å²) in [5.74, 6) is -1.14. The Morgan fingerprint density at radius 1 is 1.19 bits per heavy atom. The number of aliphatic hydroxyl groups is 3. The van der Waals surface area contributed by atoms with Gasteiger partial charge in [0.25, 0.3) is 0 Å². The lowest BCUT2D eigenvalue weighted by Crippen LogP contribution is -2.61. The molecular weight excluding hydrogens is 282 g/mol. The third-order valence-electron chi connectivity index (χ3n) is 3.21. The first-order valence-corrected chi connectivity index (χ1v) is 6.31. The number of carboxylic acids is 1. The predicted molar refractivity (Wildman–Crippen MR) is 70.9 cm³/mol. The van der Waals surface area contributed by atoms with E-state index in [1.807, 2.05) is 0 Å². The Balaban J connectivity index is 2.20. The minimum absolute atomic E-state index is 0.316. The molecule has 0 bridgehead atoms. The van der Waals surface area contributed by atoms with E-state index in [2.05, 4.69) is 5.32 Å². The highest BCUT2D eigenvalue weighted by Crippen LogP contribution is 2.29. The van der Waals surface area contributed by atoms with Crippen molar-refractivity contribution in [1.82, 2.24) is 0 Å². The summed E-state index contributed by atoms with van der Waals surface area (Å²) in [6, 6.07) is 6.75. The van der Waals surface area contributed by atoms with Gasteiger partial charge in [-0.2, -0.15) is 0 Å². The molecule has 1 saturated heterocycles. The number of aliphatic hydroxyl groups excluding tert-OH is 3. The van der Waals surface area contributed by atoms with Gasteiger partial charge < -0.3 is 35.2 Å². The lowest BCUT2D eigenvalue weighted by atomic mass is 9.99. The van der Waals surface area contributed by atoms with Crippen LogP contribution in [0.3, 0.4) is 0 Å². The zero-order chi connectivity index (χ0) is 15.6. The topological polar surface area (TPSA) is 128 Å². The van der Waals surface area contributed by atoms with Gasteiger partial charge in [0.2, 0.25) is 6.29 Å². The SMILES string of the molecule is CNc1ccccc1OC1OC(C(=O)O)C(O)C(O)C1O. The molecule has 0 spiro atoms. The van der Waals surface area contributed by atoms with E-state index >= 15 is 0 Å². The monoisotopic (exact) mass is 299 g/mol. The molecule has 0 radical (unpaired) electrons. The number of hydrogen-bond acceptors (Lipinski definition) is 7. The van der Waals surface area contributed by atoms with E-state index in [1.54, 1.807) is 31.3 Å². The second-order valence-corrected chi connectivity index (χ2v) is 4.60. The van der Waals surface area contributed by atoms with E-state index in [1.165, 1.54) is 0 Å². The van der Waals surface area contributed by atoms with Gasteiger partial charge in [0.05, 0.1) is 5.69 Å². The molecule has 1 aliphatic rings. The van der Waals surface area contributed by atoms with Crippen molar-refractivity contribution in [3.8, 4) is 5.75 Å². The van der Waals surface area contributed by atoms with Crippen molar-refractivity contribution in [2.45, 2.75) is 30.7 Å². The molecule has 1 aromatic carbocycles. The van der Waals surface area contributed by atoms with Gasteiger partial charge in [-0.25, -0.2) is 4.79 Å². The van der Waals surface area contributed by atoms with Crippen molar-refractivity contribution < 1.29 is 34.7 Å². The van der Waals surface area contributed by atoms with Crippen LogP contribution in [0.2, 0.25) is 0 Å². The van der Waals surface area contributed by atoms with Crippen LogP contribution in [0.4, 0.5) is 5.69 Å². The van der Waals surface area contributed by atoms with Gasteiger partial charge >= 0.3 is 5.97 Å². The summed E-state index contributed by atoms with van der Waals surface area (Å²) < 4.78 is 10.5. The average Bonchev–Trinajstić information content (AvgIpc) is 2.48. The minimum Gasteiger partial charge on any atom is -0.479 e. The van der Waals surface area contributed by atoms with Crippen LogP contribution in [0, 0.1) is 0 Å². The molecule has 21 heavy (non-hydrogen) atoms. The Morgan fingerprint density at radius 3 is 2.48 bits per heavy atom. The molecule has 0 aromatic heterocycles. The molecule has 1 aromatic rings. The number of ether oxygens (including phenoxy) is 2. The molecule has 0 saturated carbocycles. The average molecular weight is 299 g/mol. The number of carbonyl (C=O) groups is 1. The van der Waals surface area contributed by atoms with E-state index in [0.29, 0.717) is 11.4 Å². The molecule has 0 amide bonds. The third-order valence-corrected chi connectivity index (χ3v) is 3.21. The van der Waals surface area contributed by atoms with Crippen molar-refractivity contribution in [3.05, 3.63) is 24.3 Å². The highest BCUT2D eigenvalue weighted by atomic mass is 16.7. The summed E-state index contributed by atoms with van der Waals surface area (Å²) >= 11 is 0. The summed E-state index contributed by atoms with van der Waals surface area (Å²) in [6.45, 7) is 0. The maximum absolute atomic E-state index is 11.0. The number of rotatable bonds is 4. The lowest BCUT2D eigenvalue weighted by Gasteiger charge is -2.38. The summed E-state index contributed by atoms with van der Waals surface area (Å²) in [5.41, 5.74) is 0.598. The van der Waals surface area contributed by atoms with Crippen LogP contribution in [0.15, 0.2) is 24.3 Å².